The minimum absolute atomic E-state index is 0.205. The topological polar surface area (TPSA) is 49.4 Å². The molecule has 0 aromatic rings. The lowest BCUT2D eigenvalue weighted by Gasteiger charge is -2.32. The molecule has 1 rings (SSSR count). The second-order valence-corrected chi connectivity index (χ2v) is 7.31. The standard InChI is InChI=1S/C12H26N2O2S/c1-4-7-13-12-5-8-14(9-6-12)17(15,16)10-11(2)3/h11-13H,4-10H2,1-3H3. The number of nitrogens with zero attached hydrogens (tertiary/aromatic N) is 1. The maximum Gasteiger partial charge on any atom is 0.214 e. The number of nitrogens with one attached hydrogen (secondary N) is 1. The number of rotatable bonds is 6. The van der Waals surface area contributed by atoms with Gasteiger partial charge in [0.25, 0.3) is 0 Å². The molecule has 1 N–H and O–H groups in total. The van der Waals surface area contributed by atoms with Gasteiger partial charge in [0.1, 0.15) is 0 Å². The summed E-state index contributed by atoms with van der Waals surface area (Å²) in [5.41, 5.74) is 0. The molecular weight excluding hydrogens is 236 g/mol. The highest BCUT2D eigenvalue weighted by Gasteiger charge is 2.27. The van der Waals surface area contributed by atoms with Crippen molar-refractivity contribution in [3.05, 3.63) is 0 Å². The molecule has 1 heterocycles. The van der Waals surface area contributed by atoms with Crippen molar-refractivity contribution in [2.75, 3.05) is 25.4 Å². The van der Waals surface area contributed by atoms with E-state index in [0.717, 1.165) is 25.8 Å². The fraction of sp³-hybridized carbons (Fsp3) is 1.00. The lowest BCUT2D eigenvalue weighted by Crippen LogP contribution is -2.46. The minimum Gasteiger partial charge on any atom is -0.314 e. The van der Waals surface area contributed by atoms with Crippen LogP contribution < -0.4 is 5.32 Å². The summed E-state index contributed by atoms with van der Waals surface area (Å²) in [6, 6.07) is 0.500. The van der Waals surface area contributed by atoms with E-state index in [-0.39, 0.29) is 11.7 Å². The predicted octanol–water partition coefficient (Wildman–Crippen LogP) is 1.44. The van der Waals surface area contributed by atoms with Crippen LogP contribution in [-0.2, 0) is 10.0 Å². The van der Waals surface area contributed by atoms with Crippen LogP contribution in [0.15, 0.2) is 0 Å². The Morgan fingerprint density at radius 3 is 2.35 bits per heavy atom. The first-order valence-corrected chi connectivity index (χ1v) is 8.27. The van der Waals surface area contributed by atoms with Crippen LogP contribution in [0.25, 0.3) is 0 Å². The molecule has 0 amide bonds. The molecule has 0 saturated carbocycles. The van der Waals surface area contributed by atoms with Gasteiger partial charge >= 0.3 is 0 Å². The molecule has 1 aliphatic heterocycles. The Morgan fingerprint density at radius 1 is 1.29 bits per heavy atom. The van der Waals surface area contributed by atoms with Crippen molar-refractivity contribution in [1.29, 1.82) is 0 Å². The van der Waals surface area contributed by atoms with Gasteiger partial charge in [-0.1, -0.05) is 20.8 Å². The van der Waals surface area contributed by atoms with E-state index in [9.17, 15) is 8.42 Å². The lowest BCUT2D eigenvalue weighted by molar-refractivity contribution is 0.289. The fourth-order valence-corrected chi connectivity index (χ4v) is 4.03. The van der Waals surface area contributed by atoms with Crippen LogP contribution in [-0.4, -0.2) is 44.2 Å². The van der Waals surface area contributed by atoms with Crippen molar-refractivity contribution < 1.29 is 8.42 Å². The van der Waals surface area contributed by atoms with Gasteiger partial charge in [0, 0.05) is 19.1 Å². The molecule has 0 spiro atoms. The summed E-state index contributed by atoms with van der Waals surface area (Å²) in [4.78, 5) is 0. The molecular formula is C12H26N2O2S. The van der Waals surface area contributed by atoms with Gasteiger partial charge in [-0.25, -0.2) is 12.7 Å². The molecule has 0 aromatic heterocycles. The molecule has 1 aliphatic rings. The summed E-state index contributed by atoms with van der Waals surface area (Å²) in [5.74, 6) is 0.482. The number of hydrogen-bond acceptors (Lipinski definition) is 3. The van der Waals surface area contributed by atoms with E-state index < -0.39 is 10.0 Å². The predicted molar refractivity (Wildman–Crippen MR) is 71.5 cm³/mol. The average Bonchev–Trinajstić information content (AvgIpc) is 2.25. The second kappa shape index (κ2) is 6.71. The molecule has 17 heavy (non-hydrogen) atoms. The van der Waals surface area contributed by atoms with Gasteiger partial charge in [-0.05, 0) is 31.7 Å². The zero-order valence-corrected chi connectivity index (χ0v) is 12.1. The Morgan fingerprint density at radius 2 is 1.88 bits per heavy atom. The third kappa shape index (κ3) is 4.94. The molecule has 0 aliphatic carbocycles. The van der Waals surface area contributed by atoms with Crippen molar-refractivity contribution in [2.24, 2.45) is 5.92 Å². The zero-order chi connectivity index (χ0) is 12.9. The minimum atomic E-state index is -3.02. The lowest BCUT2D eigenvalue weighted by atomic mass is 10.1. The first-order chi connectivity index (χ1) is 7.95. The van der Waals surface area contributed by atoms with Crippen LogP contribution in [0, 0.1) is 5.92 Å². The quantitative estimate of drug-likeness (QED) is 0.788. The van der Waals surface area contributed by atoms with E-state index in [4.69, 9.17) is 0 Å². The van der Waals surface area contributed by atoms with Gasteiger partial charge in [-0.3, -0.25) is 0 Å². The molecule has 0 bridgehead atoms. The summed E-state index contributed by atoms with van der Waals surface area (Å²) in [6.45, 7) is 8.44. The van der Waals surface area contributed by atoms with Crippen molar-refractivity contribution in [1.82, 2.24) is 9.62 Å². The average molecular weight is 262 g/mol. The van der Waals surface area contributed by atoms with Gasteiger partial charge in [-0.15, -0.1) is 0 Å². The largest absolute Gasteiger partial charge is 0.314 e. The van der Waals surface area contributed by atoms with E-state index in [1.165, 1.54) is 0 Å². The number of piperidine rings is 1. The third-order valence-electron chi connectivity index (χ3n) is 3.07. The van der Waals surface area contributed by atoms with Crippen molar-refractivity contribution in [3.63, 3.8) is 0 Å². The molecule has 0 atom stereocenters. The van der Waals surface area contributed by atoms with Crippen molar-refractivity contribution in [2.45, 2.75) is 46.1 Å². The van der Waals surface area contributed by atoms with E-state index in [1.807, 2.05) is 13.8 Å². The summed E-state index contributed by atoms with van der Waals surface area (Å²) < 4.78 is 25.7. The van der Waals surface area contributed by atoms with Crippen LogP contribution in [0.5, 0.6) is 0 Å². The van der Waals surface area contributed by atoms with Gasteiger partial charge in [-0.2, -0.15) is 0 Å². The molecule has 102 valence electrons. The molecule has 0 radical (unpaired) electrons. The van der Waals surface area contributed by atoms with Crippen LogP contribution >= 0.6 is 0 Å². The van der Waals surface area contributed by atoms with E-state index >= 15 is 0 Å². The molecule has 0 unspecified atom stereocenters. The van der Waals surface area contributed by atoms with Gasteiger partial charge in [0.2, 0.25) is 10.0 Å². The first-order valence-electron chi connectivity index (χ1n) is 6.67. The molecule has 0 aromatic carbocycles. The monoisotopic (exact) mass is 262 g/mol. The van der Waals surface area contributed by atoms with Crippen LogP contribution in [0.4, 0.5) is 0 Å². The van der Waals surface area contributed by atoms with E-state index in [2.05, 4.69) is 12.2 Å². The van der Waals surface area contributed by atoms with E-state index in [0.29, 0.717) is 19.1 Å². The Balaban J connectivity index is 2.41. The van der Waals surface area contributed by atoms with Crippen molar-refractivity contribution >= 4 is 10.0 Å². The summed E-state index contributed by atoms with van der Waals surface area (Å²) in [6.07, 6.45) is 3.01. The molecule has 1 saturated heterocycles. The third-order valence-corrected chi connectivity index (χ3v) is 5.31. The highest BCUT2D eigenvalue weighted by molar-refractivity contribution is 7.89. The van der Waals surface area contributed by atoms with Crippen LogP contribution in [0.2, 0.25) is 0 Å². The Bertz CT molecular complexity index is 306. The second-order valence-electron chi connectivity index (χ2n) is 5.30. The Labute approximate surface area is 106 Å². The summed E-state index contributed by atoms with van der Waals surface area (Å²) in [7, 11) is -3.02. The maximum absolute atomic E-state index is 12.0. The van der Waals surface area contributed by atoms with Crippen molar-refractivity contribution in [3.8, 4) is 0 Å². The van der Waals surface area contributed by atoms with E-state index in [1.54, 1.807) is 4.31 Å². The van der Waals surface area contributed by atoms with Gasteiger partial charge in [0.15, 0.2) is 0 Å². The molecule has 5 heteroatoms. The first kappa shape index (κ1) is 14.9. The molecule has 1 fully saturated rings. The normalized spacial score (nSPS) is 20.0. The number of hydrogen-bond donors (Lipinski definition) is 1. The highest BCUT2D eigenvalue weighted by Crippen LogP contribution is 2.16. The maximum atomic E-state index is 12.0. The number of sulfonamides is 1. The SMILES string of the molecule is CCCNC1CCN(S(=O)(=O)CC(C)C)CC1. The fourth-order valence-electron chi connectivity index (χ4n) is 2.21. The zero-order valence-electron chi connectivity index (χ0n) is 11.3. The Kier molecular flexibility index (Phi) is 5.89. The summed E-state index contributed by atoms with van der Waals surface area (Å²) in [5, 5.41) is 3.46. The summed E-state index contributed by atoms with van der Waals surface area (Å²) >= 11 is 0. The van der Waals surface area contributed by atoms with Crippen LogP contribution in [0.3, 0.4) is 0 Å². The Hall–Kier alpha value is -0.130. The van der Waals surface area contributed by atoms with Gasteiger partial charge in [0.05, 0.1) is 5.75 Å². The van der Waals surface area contributed by atoms with Crippen LogP contribution in [0.1, 0.15) is 40.0 Å². The molecule has 4 nitrogen and oxygen atoms in total. The van der Waals surface area contributed by atoms with Gasteiger partial charge < -0.3 is 5.32 Å². The highest BCUT2D eigenvalue weighted by atomic mass is 32.2. The smallest absolute Gasteiger partial charge is 0.214 e.